The second kappa shape index (κ2) is 31.4. The third-order valence-electron chi connectivity index (χ3n) is 15.6. The van der Waals surface area contributed by atoms with E-state index in [1.54, 1.807) is 12.1 Å². The molecule has 14 atom stereocenters. The Hall–Kier alpha value is -6.67. The van der Waals surface area contributed by atoms with E-state index in [9.17, 15) is 84.5 Å². The number of amides is 8. The number of phenols is 1. The van der Waals surface area contributed by atoms with Crippen LogP contribution in [0.2, 0.25) is 0 Å². The normalized spacial score (nSPS) is 26.4. The Labute approximate surface area is 538 Å². The predicted molar refractivity (Wildman–Crippen MR) is 305 cm³/mol. The molecule has 0 bridgehead atoms. The summed E-state index contributed by atoms with van der Waals surface area (Å²) in [6.45, 7) is 2.67. The first-order valence-corrected chi connectivity index (χ1v) is 29.5. The molecule has 3 aromatic carbocycles. The number of carbonyl (C=O) groups is 8. The van der Waals surface area contributed by atoms with Crippen molar-refractivity contribution in [3.63, 3.8) is 0 Å². The van der Waals surface area contributed by atoms with E-state index in [1.165, 1.54) is 36.8 Å². The third-order valence-corrected chi connectivity index (χ3v) is 17.0. The van der Waals surface area contributed by atoms with Gasteiger partial charge in [-0.3, -0.25) is 43.4 Å². The summed E-state index contributed by atoms with van der Waals surface area (Å²) in [5.41, 5.74) is 7.58. The molecule has 34 heteroatoms. The van der Waals surface area contributed by atoms with Crippen LogP contribution < -0.4 is 76.2 Å². The Morgan fingerprint density at radius 1 is 0.787 bits per heavy atom. The van der Waals surface area contributed by atoms with Gasteiger partial charge in [0.25, 0.3) is 18.2 Å². The first-order chi connectivity index (χ1) is 41.9. The van der Waals surface area contributed by atoms with Gasteiger partial charge in [0.1, 0.15) is 58.5 Å². The maximum atomic E-state index is 14.7. The fourth-order valence-corrected chi connectivity index (χ4v) is 12.0. The van der Waals surface area contributed by atoms with E-state index in [-0.39, 0.29) is 53.0 Å². The zero-order valence-corrected chi connectivity index (χ0v) is 52.0. The van der Waals surface area contributed by atoms with Crippen LogP contribution in [0.15, 0.2) is 66.7 Å². The molecule has 8 rings (SSSR count). The van der Waals surface area contributed by atoms with Gasteiger partial charge in [0, 0.05) is 73.9 Å². The summed E-state index contributed by atoms with van der Waals surface area (Å²) < 4.78 is 9.05. The van der Waals surface area contributed by atoms with Crippen molar-refractivity contribution in [1.82, 2.24) is 46.6 Å². The average molecular weight is 1290 g/mol. The van der Waals surface area contributed by atoms with Gasteiger partial charge in [0.05, 0.1) is 36.9 Å². The summed E-state index contributed by atoms with van der Waals surface area (Å²) in [6, 6.07) is 4.71. The number of aromatic nitrogens is 2. The zero-order chi connectivity index (χ0) is 63.7. The Kier molecular flexibility index (Phi) is 24.6. The number of aliphatic hydroxyl groups excluding tert-OH is 7. The number of aliphatic hydroxyl groups is 7. The molecular weight excluding hydrogens is 1220 g/mol. The molecular formula is C55H68N11NaO20S2. The van der Waals surface area contributed by atoms with E-state index < -0.39 is 183 Å². The molecule has 4 aliphatic rings. The van der Waals surface area contributed by atoms with Crippen LogP contribution >= 0.6 is 23.7 Å². The fourth-order valence-electron chi connectivity index (χ4n) is 10.9. The van der Waals surface area contributed by atoms with Crippen LogP contribution in [0.25, 0.3) is 21.1 Å². The molecule has 0 radical (unpaired) electrons. The Morgan fingerprint density at radius 2 is 1.40 bits per heavy atom. The van der Waals surface area contributed by atoms with Crippen molar-refractivity contribution in [3.05, 3.63) is 77.9 Å². The van der Waals surface area contributed by atoms with E-state index in [1.807, 2.05) is 24.3 Å². The molecule has 0 saturated carbocycles. The van der Waals surface area contributed by atoms with Crippen molar-refractivity contribution in [1.29, 1.82) is 0 Å². The minimum atomic E-state index is -2.54. The minimum absolute atomic E-state index is 0. The molecule has 1 aromatic heterocycles. The molecule has 476 valence electrons. The van der Waals surface area contributed by atoms with Gasteiger partial charge in [-0.2, -0.15) is 0 Å². The fraction of sp³-hybridized carbons (Fsp3) is 0.491. The van der Waals surface area contributed by atoms with E-state index in [0.717, 1.165) is 72.1 Å². The van der Waals surface area contributed by atoms with Gasteiger partial charge in [0.15, 0.2) is 11.5 Å². The molecule has 4 aromatic rings. The van der Waals surface area contributed by atoms with Crippen LogP contribution in [0.1, 0.15) is 74.4 Å². The number of hydrogen-bond donors (Lipinski definition) is 14. The molecule has 31 nitrogen and oxygen atoms in total. The number of anilines is 1. The Morgan fingerprint density at radius 3 is 2.03 bits per heavy atom. The van der Waals surface area contributed by atoms with Crippen LogP contribution in [-0.4, -0.2) is 214 Å². The summed E-state index contributed by atoms with van der Waals surface area (Å²) in [5.74, 6) is -12.0. The second-order valence-corrected chi connectivity index (χ2v) is 23.3. The molecule has 4 saturated heterocycles. The number of aromatic hydroxyl groups is 1. The number of benzene rings is 3. The van der Waals surface area contributed by atoms with Crippen molar-refractivity contribution in [2.75, 3.05) is 37.6 Å². The number of nitrogens with two attached hydrogens (primary N) is 1. The van der Waals surface area contributed by atoms with Gasteiger partial charge in [0.2, 0.25) is 41.4 Å². The summed E-state index contributed by atoms with van der Waals surface area (Å²) >= 11 is 1.23. The van der Waals surface area contributed by atoms with Gasteiger partial charge < -0.3 is 97.3 Å². The van der Waals surface area contributed by atoms with Crippen LogP contribution in [0.4, 0.5) is 5.69 Å². The van der Waals surface area contributed by atoms with Crippen molar-refractivity contribution < 1.29 is 128 Å². The molecule has 8 amide bonds. The number of fused-ring (bicyclic) bond motifs is 2. The number of rotatable bonds is 16. The van der Waals surface area contributed by atoms with Gasteiger partial charge in [-0.1, -0.05) is 36.5 Å². The van der Waals surface area contributed by atoms with E-state index in [4.69, 9.17) is 9.92 Å². The van der Waals surface area contributed by atoms with Crippen molar-refractivity contribution in [2.45, 2.75) is 131 Å². The van der Waals surface area contributed by atoms with Gasteiger partial charge in [-0.25, -0.2) is 0 Å². The number of phenolic OH excluding ortho intramolecular Hbond substituents is 1. The van der Waals surface area contributed by atoms with E-state index in [2.05, 4.69) is 51.1 Å². The number of piperidine rings is 1. The van der Waals surface area contributed by atoms with Crippen LogP contribution in [0, 0.1) is 5.92 Å². The van der Waals surface area contributed by atoms with Gasteiger partial charge in [-0.05, 0) is 80.3 Å². The average Bonchev–Trinajstić information content (AvgIpc) is 2.15. The monoisotopic (exact) mass is 1290 g/mol. The van der Waals surface area contributed by atoms with E-state index in [0.29, 0.717) is 15.6 Å². The largest absolute Gasteiger partial charge is 1.00 e. The topological polar surface area (TPSA) is 471 Å². The predicted octanol–water partition coefficient (Wildman–Crippen LogP) is -6.95. The Bertz CT molecular complexity index is 3170. The summed E-state index contributed by atoms with van der Waals surface area (Å²) in [5, 5.41) is 125. The van der Waals surface area contributed by atoms with Crippen LogP contribution in [0.3, 0.4) is 0 Å². The molecule has 0 aliphatic carbocycles. The van der Waals surface area contributed by atoms with Crippen molar-refractivity contribution >= 4 is 76.6 Å². The molecule has 4 aliphatic heterocycles. The first-order valence-electron chi connectivity index (χ1n) is 28.0. The van der Waals surface area contributed by atoms with Crippen molar-refractivity contribution in [2.24, 2.45) is 11.7 Å². The summed E-state index contributed by atoms with van der Waals surface area (Å²) in [7, 11) is 0. The number of hydrogen-bond acceptors (Lipinski definition) is 25. The quantitative estimate of drug-likeness (QED) is 0.0163. The number of primary amides is 1. The molecule has 4 fully saturated rings. The van der Waals surface area contributed by atoms with Crippen molar-refractivity contribution in [3.8, 4) is 32.6 Å². The van der Waals surface area contributed by atoms with Crippen LogP contribution in [0.5, 0.6) is 11.5 Å². The second-order valence-electron chi connectivity index (χ2n) is 21.9. The van der Waals surface area contributed by atoms with Gasteiger partial charge in [-0.15, -0.1) is 14.5 Å². The zero-order valence-electron chi connectivity index (χ0n) is 48.3. The molecule has 0 spiro atoms. The summed E-state index contributed by atoms with van der Waals surface area (Å²) in [6.07, 6.45) is -12.7. The maximum Gasteiger partial charge on any atom is 1.00 e. The van der Waals surface area contributed by atoms with E-state index >= 15 is 0 Å². The number of β-amino-alcohol motifs (C(OH)–C–C–N with tert-alkyl or cyclic N) is 1. The third kappa shape index (κ3) is 17.0. The smallest absolute Gasteiger partial charge is 0.691 e. The molecule has 14 unspecified atom stereocenters. The first kappa shape index (κ1) is 69.8. The molecule has 89 heavy (non-hydrogen) atoms. The minimum Gasteiger partial charge on any atom is -0.691 e. The van der Waals surface area contributed by atoms with Crippen LogP contribution in [-0.2, 0) is 42.9 Å². The molecule has 5 heterocycles. The molecule has 15 N–H and O–H groups in total. The Balaban J connectivity index is 0.0000113. The summed E-state index contributed by atoms with van der Waals surface area (Å²) in [4.78, 5) is 117. The SMILES string of the molecule is CC(O)C1NC(=O)C(NC(=O)c2ccc(-c3nnc(-c4ccc(N5CCCCC5)cc4)s3)cc2)CC(O)CNC(=O)C2C(O)C(C)CN2C(=O)C(C(O)CC(N)=O)NC(=O)C(C(O)C(O)c2ccc(O)c(OSOO[O-])c2)NC(=O)C2CC(O)CN2C1=O.[Na+]. The number of nitrogens with one attached hydrogen (secondary N) is 5. The number of carbonyl (C=O) groups excluding carboxylic acids is 8. The maximum absolute atomic E-state index is 14.7. The van der Waals surface area contributed by atoms with Gasteiger partial charge >= 0.3 is 29.6 Å². The standard InChI is InChI=1S/C55H69N11O20S2.Na/c1-25-23-66-43(44(25)73)51(80)57-22-32(68)19-34(58-47(76)27-6-8-28(9-7-27)52-62-63-53(87-52)29-10-13-31(14-11-29)64-16-4-3-5-17-64)48(77)59-40(26(2)67)54(81)65-24-33(69)20-35(65)49(78)61-42(50(79)60-41(55(66)82)37(71)21-39(56)72)46(75)45(74)30-12-15-36(70)38(18-30)84-88-86-85-83;/h6-15,18,25-26,32-35,37,40-46,67-71,73-75,83H,3-5,16-17,19-24H2,1-2H3,(H2,56,72)(H,57,80)(H,58,76)(H,59,77)(H,60,79)(H,61,78);/q;+1/p-1. The number of nitrogens with zero attached hydrogens (tertiary/aromatic N) is 5.